The molecule has 1 aliphatic rings. The van der Waals surface area contributed by atoms with E-state index >= 15 is 0 Å². The van der Waals surface area contributed by atoms with Crippen LogP contribution in [0.1, 0.15) is 18.9 Å². The highest BCUT2D eigenvalue weighted by molar-refractivity contribution is 6.35. The number of hydrogen-bond acceptors (Lipinski definition) is 4. The van der Waals surface area contributed by atoms with E-state index in [1.165, 1.54) is 49.4 Å². The first-order valence-corrected chi connectivity index (χ1v) is 9.64. The molecule has 11 heteroatoms. The Hall–Kier alpha value is -2.00. The van der Waals surface area contributed by atoms with Crippen molar-refractivity contribution in [3.05, 3.63) is 63.1 Å². The maximum atomic E-state index is 13.7. The fourth-order valence-corrected chi connectivity index (χ4v) is 3.36. The summed E-state index contributed by atoms with van der Waals surface area (Å²) in [5.41, 5.74) is -3.37. The van der Waals surface area contributed by atoms with E-state index in [2.05, 4.69) is 5.10 Å². The molecule has 0 aliphatic carbocycles. The number of alkyl halides is 3. The molecule has 0 saturated carbocycles. The number of hydrogen-bond donors (Lipinski definition) is 1. The first-order valence-electron chi connectivity index (χ1n) is 8.50. The van der Waals surface area contributed by atoms with Crippen LogP contribution >= 0.6 is 34.8 Å². The molecule has 2 aromatic rings. The molecular formula is C19H14Cl3F3N2O3. The first kappa shape index (κ1) is 22.7. The van der Waals surface area contributed by atoms with Crippen LogP contribution < -0.4 is 4.74 Å². The number of rotatable bonds is 4. The second-order valence-electron chi connectivity index (χ2n) is 6.53. The van der Waals surface area contributed by atoms with E-state index in [-0.39, 0.29) is 27.1 Å². The number of hydrazone groups is 1. The molecule has 5 nitrogen and oxygen atoms in total. The zero-order valence-corrected chi connectivity index (χ0v) is 17.5. The van der Waals surface area contributed by atoms with E-state index in [1.807, 2.05) is 0 Å². The van der Waals surface area contributed by atoms with Gasteiger partial charge in [-0.25, -0.2) is 0 Å². The smallest absolute Gasteiger partial charge is 0.438 e. The summed E-state index contributed by atoms with van der Waals surface area (Å²) in [5.74, 6) is -1.16. The Morgan fingerprint density at radius 3 is 2.33 bits per heavy atom. The van der Waals surface area contributed by atoms with Gasteiger partial charge in [0, 0.05) is 10.0 Å². The van der Waals surface area contributed by atoms with Crippen LogP contribution in [0, 0.1) is 0 Å². The monoisotopic (exact) mass is 480 g/mol. The topological polar surface area (TPSA) is 62.1 Å². The van der Waals surface area contributed by atoms with Crippen LogP contribution in [0.15, 0.2) is 47.6 Å². The summed E-state index contributed by atoms with van der Waals surface area (Å²) < 4.78 is 46.5. The summed E-state index contributed by atoms with van der Waals surface area (Å²) >= 11 is 17.6. The summed E-state index contributed by atoms with van der Waals surface area (Å²) in [6, 6.07) is 9.98. The quantitative estimate of drug-likeness (QED) is 0.644. The molecule has 0 bridgehead atoms. The molecule has 160 valence electrons. The predicted octanol–water partition coefficient (Wildman–Crippen LogP) is 5.30. The van der Waals surface area contributed by atoms with Crippen molar-refractivity contribution in [3.8, 4) is 5.75 Å². The summed E-state index contributed by atoms with van der Waals surface area (Å²) in [7, 11) is 0. The largest absolute Gasteiger partial charge is 0.479 e. The Morgan fingerprint density at radius 2 is 1.77 bits per heavy atom. The Bertz CT molecular complexity index is 999. The minimum atomic E-state index is -5.17. The molecule has 30 heavy (non-hydrogen) atoms. The Balaban J connectivity index is 1.92. The fraction of sp³-hybridized carbons (Fsp3) is 0.263. The Labute approximate surface area is 184 Å². The Kier molecular flexibility index (Phi) is 6.25. The lowest BCUT2D eigenvalue weighted by Gasteiger charge is -2.33. The number of carbonyl (C=O) groups is 1. The van der Waals surface area contributed by atoms with Gasteiger partial charge in [0.15, 0.2) is 6.10 Å². The lowest BCUT2D eigenvalue weighted by Crippen LogP contribution is -2.58. The van der Waals surface area contributed by atoms with Gasteiger partial charge in [-0.15, -0.1) is 0 Å². The summed E-state index contributed by atoms with van der Waals surface area (Å²) in [6.07, 6.45) is -7.55. The molecule has 0 aromatic heterocycles. The van der Waals surface area contributed by atoms with Gasteiger partial charge < -0.3 is 9.84 Å². The number of ether oxygens (including phenoxy) is 1. The maximum Gasteiger partial charge on any atom is 0.438 e. The number of benzene rings is 2. The zero-order valence-electron chi connectivity index (χ0n) is 15.3. The number of nitrogens with zero attached hydrogens (tertiary/aromatic N) is 2. The van der Waals surface area contributed by atoms with Crippen LogP contribution in [0.2, 0.25) is 15.1 Å². The van der Waals surface area contributed by atoms with Crippen molar-refractivity contribution in [2.45, 2.75) is 31.3 Å². The molecule has 0 saturated heterocycles. The molecule has 0 fully saturated rings. The normalized spacial score (nSPS) is 20.1. The number of carbonyl (C=O) groups excluding carboxylic acids is 1. The Morgan fingerprint density at radius 1 is 1.17 bits per heavy atom. The molecule has 1 amide bonds. The number of amides is 1. The average Bonchev–Trinajstić information content (AvgIpc) is 3.02. The predicted molar refractivity (Wildman–Crippen MR) is 107 cm³/mol. The molecule has 0 spiro atoms. The summed E-state index contributed by atoms with van der Waals surface area (Å²) in [6.45, 7) is 1.22. The van der Waals surface area contributed by atoms with Crippen molar-refractivity contribution in [1.29, 1.82) is 0 Å². The molecule has 1 aliphatic heterocycles. The zero-order chi connectivity index (χ0) is 22.3. The van der Waals surface area contributed by atoms with E-state index < -0.39 is 30.3 Å². The van der Waals surface area contributed by atoms with E-state index in [0.717, 1.165) is 0 Å². The van der Waals surface area contributed by atoms with Crippen molar-refractivity contribution >= 4 is 46.4 Å². The van der Waals surface area contributed by atoms with Crippen LogP contribution in [0.5, 0.6) is 5.75 Å². The second-order valence-corrected chi connectivity index (χ2v) is 7.81. The molecule has 2 aromatic carbocycles. The van der Waals surface area contributed by atoms with Crippen molar-refractivity contribution < 1.29 is 27.8 Å². The van der Waals surface area contributed by atoms with E-state index in [1.54, 1.807) is 0 Å². The van der Waals surface area contributed by atoms with E-state index in [0.29, 0.717) is 10.0 Å². The highest BCUT2D eigenvalue weighted by Gasteiger charge is 2.63. The highest BCUT2D eigenvalue weighted by atomic mass is 35.5. The summed E-state index contributed by atoms with van der Waals surface area (Å²) in [4.78, 5) is 12.8. The first-order chi connectivity index (χ1) is 13.9. The van der Waals surface area contributed by atoms with Gasteiger partial charge in [-0.1, -0.05) is 46.9 Å². The molecule has 2 unspecified atom stereocenters. The lowest BCUT2D eigenvalue weighted by molar-refractivity contribution is -0.303. The summed E-state index contributed by atoms with van der Waals surface area (Å²) in [5, 5.41) is 14.9. The molecular weight excluding hydrogens is 468 g/mol. The fourth-order valence-electron chi connectivity index (χ4n) is 2.78. The van der Waals surface area contributed by atoms with Crippen molar-refractivity contribution in [2.75, 3.05) is 0 Å². The van der Waals surface area contributed by atoms with E-state index in [9.17, 15) is 23.1 Å². The lowest BCUT2D eigenvalue weighted by atomic mass is 10.0. The van der Waals surface area contributed by atoms with Crippen molar-refractivity contribution in [3.63, 3.8) is 0 Å². The second kappa shape index (κ2) is 8.26. The number of aliphatic hydroxyl groups is 1. The third-order valence-electron chi connectivity index (χ3n) is 4.37. The van der Waals surface area contributed by atoms with E-state index in [4.69, 9.17) is 39.5 Å². The van der Waals surface area contributed by atoms with Gasteiger partial charge in [-0.3, -0.25) is 4.79 Å². The minimum absolute atomic E-state index is 0.00539. The van der Waals surface area contributed by atoms with Gasteiger partial charge in [-0.05, 0) is 42.8 Å². The van der Waals surface area contributed by atoms with Crippen molar-refractivity contribution in [1.82, 2.24) is 5.01 Å². The molecule has 3 rings (SSSR count). The van der Waals surface area contributed by atoms with Gasteiger partial charge in [-0.2, -0.15) is 23.3 Å². The number of halogens is 6. The molecule has 1 N–H and O–H groups in total. The van der Waals surface area contributed by atoms with Gasteiger partial charge in [0.1, 0.15) is 5.75 Å². The standard InChI is InChI=1S/C19H14Cl3F3N2O3/c1-10(30-16-7-6-13(21)8-14(16)22)17(28)27-18(29,19(23,24)25)9-15(26-27)11-2-4-12(20)5-3-11/h2-8,10,29H,9H2,1H3. The van der Waals surface area contributed by atoms with Gasteiger partial charge >= 0.3 is 6.18 Å². The third-order valence-corrected chi connectivity index (χ3v) is 5.15. The molecule has 1 heterocycles. The van der Waals surface area contributed by atoms with Crippen LogP contribution in [0.3, 0.4) is 0 Å². The molecule has 0 radical (unpaired) electrons. The SMILES string of the molecule is CC(Oc1ccc(Cl)cc1Cl)C(=O)N1N=C(c2ccc(Cl)cc2)CC1(O)C(F)(F)F. The highest BCUT2D eigenvalue weighted by Crippen LogP contribution is 2.42. The average molecular weight is 482 g/mol. The maximum absolute atomic E-state index is 13.7. The molecule has 2 atom stereocenters. The minimum Gasteiger partial charge on any atom is -0.479 e. The third kappa shape index (κ3) is 4.37. The van der Waals surface area contributed by atoms with Crippen LogP contribution in [0.25, 0.3) is 0 Å². The van der Waals surface area contributed by atoms with Crippen LogP contribution in [-0.4, -0.2) is 39.7 Å². The van der Waals surface area contributed by atoms with Gasteiger partial charge in [0.2, 0.25) is 0 Å². The van der Waals surface area contributed by atoms with Crippen LogP contribution in [-0.2, 0) is 4.79 Å². The van der Waals surface area contributed by atoms with Gasteiger partial charge in [0.05, 0.1) is 17.2 Å². The van der Waals surface area contributed by atoms with Crippen LogP contribution in [0.4, 0.5) is 13.2 Å². The van der Waals surface area contributed by atoms with Gasteiger partial charge in [0.25, 0.3) is 11.6 Å². The van der Waals surface area contributed by atoms with Crippen molar-refractivity contribution in [2.24, 2.45) is 5.10 Å².